The van der Waals surface area contributed by atoms with E-state index >= 15 is 0 Å². The summed E-state index contributed by atoms with van der Waals surface area (Å²) in [6.45, 7) is 6.94. The van der Waals surface area contributed by atoms with E-state index in [2.05, 4.69) is 48.3 Å². The molecule has 0 spiro atoms. The zero-order chi connectivity index (χ0) is 17.8. The van der Waals surface area contributed by atoms with Gasteiger partial charge in [-0.25, -0.2) is 0 Å². The van der Waals surface area contributed by atoms with Crippen molar-refractivity contribution in [3.8, 4) is 0 Å². The standard InChI is InChI=1S/C19H23N3O3/c1-3-21(4-2)16-9-7-15(8-10-16)19-20-13-18(25-19)14-5-11-17(12-6-14)22(23)24/h5-12,18-20H,3-4,13H2,1-2H3/t18-,19+/m0/s1. The van der Waals surface area contributed by atoms with Gasteiger partial charge in [-0.3, -0.25) is 15.4 Å². The molecule has 1 fully saturated rings. The number of hydrogen-bond acceptors (Lipinski definition) is 5. The molecule has 0 amide bonds. The third kappa shape index (κ3) is 3.81. The van der Waals surface area contributed by atoms with Gasteiger partial charge < -0.3 is 9.64 Å². The van der Waals surface area contributed by atoms with E-state index in [1.54, 1.807) is 12.1 Å². The second-order valence-corrected chi connectivity index (χ2v) is 6.03. The third-order valence-electron chi connectivity index (χ3n) is 4.59. The molecule has 132 valence electrons. The van der Waals surface area contributed by atoms with Crippen LogP contribution in [0.4, 0.5) is 11.4 Å². The van der Waals surface area contributed by atoms with Crippen molar-refractivity contribution >= 4 is 11.4 Å². The molecule has 2 atom stereocenters. The topological polar surface area (TPSA) is 67.6 Å². The van der Waals surface area contributed by atoms with Gasteiger partial charge in [0.2, 0.25) is 0 Å². The first-order valence-corrected chi connectivity index (χ1v) is 8.60. The van der Waals surface area contributed by atoms with Crippen LogP contribution in [0.2, 0.25) is 0 Å². The monoisotopic (exact) mass is 341 g/mol. The fourth-order valence-electron chi connectivity index (χ4n) is 3.13. The van der Waals surface area contributed by atoms with E-state index in [0.29, 0.717) is 6.54 Å². The number of anilines is 1. The first kappa shape index (κ1) is 17.4. The molecule has 2 aromatic carbocycles. The van der Waals surface area contributed by atoms with Crippen LogP contribution in [0, 0.1) is 10.1 Å². The van der Waals surface area contributed by atoms with Crippen LogP contribution in [0.25, 0.3) is 0 Å². The van der Waals surface area contributed by atoms with Crippen molar-refractivity contribution in [3.05, 3.63) is 69.8 Å². The first-order valence-electron chi connectivity index (χ1n) is 8.60. The van der Waals surface area contributed by atoms with Crippen molar-refractivity contribution in [2.24, 2.45) is 0 Å². The van der Waals surface area contributed by atoms with Crippen molar-refractivity contribution in [1.29, 1.82) is 0 Å². The average molecular weight is 341 g/mol. The smallest absolute Gasteiger partial charge is 0.269 e. The van der Waals surface area contributed by atoms with Crippen molar-refractivity contribution in [2.45, 2.75) is 26.2 Å². The minimum atomic E-state index is -0.391. The van der Waals surface area contributed by atoms with Gasteiger partial charge in [0.1, 0.15) is 6.23 Å². The minimum Gasteiger partial charge on any atom is -0.372 e. The molecule has 6 nitrogen and oxygen atoms in total. The highest BCUT2D eigenvalue weighted by Gasteiger charge is 2.27. The highest BCUT2D eigenvalue weighted by Crippen LogP contribution is 2.32. The maximum atomic E-state index is 10.7. The number of benzene rings is 2. The van der Waals surface area contributed by atoms with E-state index < -0.39 is 4.92 Å². The van der Waals surface area contributed by atoms with E-state index in [0.717, 1.165) is 24.2 Å². The molecule has 25 heavy (non-hydrogen) atoms. The summed E-state index contributed by atoms with van der Waals surface area (Å²) in [5.74, 6) is 0. The predicted octanol–water partition coefficient (Wildman–Crippen LogP) is 3.80. The lowest BCUT2D eigenvalue weighted by Crippen LogP contribution is -2.21. The van der Waals surface area contributed by atoms with E-state index in [4.69, 9.17) is 4.74 Å². The zero-order valence-electron chi connectivity index (χ0n) is 14.5. The Bertz CT molecular complexity index is 712. The predicted molar refractivity (Wildman–Crippen MR) is 97.7 cm³/mol. The number of nitrogens with one attached hydrogen (secondary N) is 1. The Morgan fingerprint density at radius 3 is 2.24 bits per heavy atom. The Labute approximate surface area is 147 Å². The Balaban J connectivity index is 1.67. The fourth-order valence-corrected chi connectivity index (χ4v) is 3.13. The Hall–Kier alpha value is -2.44. The molecule has 1 heterocycles. The van der Waals surface area contributed by atoms with E-state index in [9.17, 15) is 10.1 Å². The number of nitrogens with zero attached hydrogens (tertiary/aromatic N) is 2. The number of hydrogen-bond donors (Lipinski definition) is 1. The van der Waals surface area contributed by atoms with E-state index in [1.165, 1.54) is 17.8 Å². The van der Waals surface area contributed by atoms with E-state index in [-0.39, 0.29) is 18.0 Å². The Kier molecular flexibility index (Phi) is 5.31. The van der Waals surface area contributed by atoms with Gasteiger partial charge in [-0.2, -0.15) is 0 Å². The van der Waals surface area contributed by atoms with Crippen LogP contribution in [-0.4, -0.2) is 24.6 Å². The van der Waals surface area contributed by atoms with Gasteiger partial charge in [-0.15, -0.1) is 0 Å². The van der Waals surface area contributed by atoms with Crippen LogP contribution in [0.3, 0.4) is 0 Å². The molecular weight excluding hydrogens is 318 g/mol. The lowest BCUT2D eigenvalue weighted by molar-refractivity contribution is -0.384. The van der Waals surface area contributed by atoms with Crippen molar-refractivity contribution in [2.75, 3.05) is 24.5 Å². The maximum absolute atomic E-state index is 10.7. The quantitative estimate of drug-likeness (QED) is 0.639. The third-order valence-corrected chi connectivity index (χ3v) is 4.59. The summed E-state index contributed by atoms with van der Waals surface area (Å²) in [5.41, 5.74) is 3.33. The highest BCUT2D eigenvalue weighted by molar-refractivity contribution is 5.47. The summed E-state index contributed by atoms with van der Waals surface area (Å²) < 4.78 is 6.09. The lowest BCUT2D eigenvalue weighted by Gasteiger charge is -2.21. The SMILES string of the molecule is CCN(CC)c1ccc([C@@H]2NC[C@@H](c3ccc([N+](=O)[O-])cc3)O2)cc1. The number of nitro benzene ring substituents is 1. The molecule has 3 rings (SSSR count). The van der Waals surface area contributed by atoms with Crippen molar-refractivity contribution in [3.63, 3.8) is 0 Å². The molecule has 2 aromatic rings. The van der Waals surface area contributed by atoms with Gasteiger partial charge in [0.25, 0.3) is 5.69 Å². The molecule has 0 aliphatic carbocycles. The minimum absolute atomic E-state index is 0.0956. The molecule has 1 N–H and O–H groups in total. The second kappa shape index (κ2) is 7.63. The summed E-state index contributed by atoms with van der Waals surface area (Å²) in [6, 6.07) is 15.0. The van der Waals surface area contributed by atoms with Crippen molar-refractivity contribution < 1.29 is 9.66 Å². The molecule has 1 aliphatic rings. The Morgan fingerprint density at radius 1 is 1.08 bits per heavy atom. The van der Waals surface area contributed by atoms with Crippen molar-refractivity contribution in [1.82, 2.24) is 5.32 Å². The van der Waals surface area contributed by atoms with Crippen LogP contribution in [0.5, 0.6) is 0 Å². The van der Waals surface area contributed by atoms with Gasteiger partial charge in [-0.1, -0.05) is 12.1 Å². The summed E-state index contributed by atoms with van der Waals surface area (Å²) in [7, 11) is 0. The largest absolute Gasteiger partial charge is 0.372 e. The molecule has 0 aromatic heterocycles. The zero-order valence-corrected chi connectivity index (χ0v) is 14.5. The van der Waals surface area contributed by atoms with E-state index in [1.807, 2.05) is 0 Å². The molecule has 6 heteroatoms. The average Bonchev–Trinajstić information content (AvgIpc) is 3.13. The molecule has 0 unspecified atom stereocenters. The molecule has 1 aliphatic heterocycles. The van der Waals surface area contributed by atoms with Gasteiger partial charge in [-0.05, 0) is 49.2 Å². The van der Waals surface area contributed by atoms with Crippen LogP contribution < -0.4 is 10.2 Å². The number of ether oxygens (including phenoxy) is 1. The molecular formula is C19H23N3O3. The van der Waals surface area contributed by atoms with Gasteiger partial charge in [0.05, 0.1) is 11.0 Å². The second-order valence-electron chi connectivity index (χ2n) is 6.03. The van der Waals surface area contributed by atoms with Gasteiger partial charge >= 0.3 is 0 Å². The van der Waals surface area contributed by atoms with Crippen LogP contribution in [-0.2, 0) is 4.74 Å². The van der Waals surface area contributed by atoms with Crippen LogP contribution in [0.1, 0.15) is 37.3 Å². The summed E-state index contributed by atoms with van der Waals surface area (Å²) in [5, 5.41) is 14.1. The fraction of sp³-hybridized carbons (Fsp3) is 0.368. The summed E-state index contributed by atoms with van der Waals surface area (Å²) >= 11 is 0. The van der Waals surface area contributed by atoms with Crippen LogP contribution in [0.15, 0.2) is 48.5 Å². The first-order chi connectivity index (χ1) is 12.1. The maximum Gasteiger partial charge on any atom is 0.269 e. The number of nitro groups is 1. The summed E-state index contributed by atoms with van der Waals surface area (Å²) in [4.78, 5) is 12.7. The summed E-state index contributed by atoms with van der Waals surface area (Å²) in [6.07, 6.45) is -0.265. The molecule has 0 bridgehead atoms. The highest BCUT2D eigenvalue weighted by atomic mass is 16.6. The molecule has 0 radical (unpaired) electrons. The van der Waals surface area contributed by atoms with Gasteiger partial charge in [0.15, 0.2) is 0 Å². The number of non-ortho nitro benzene ring substituents is 1. The van der Waals surface area contributed by atoms with Gasteiger partial charge in [0, 0.05) is 37.5 Å². The number of rotatable bonds is 6. The lowest BCUT2D eigenvalue weighted by atomic mass is 10.1. The van der Waals surface area contributed by atoms with Crippen LogP contribution >= 0.6 is 0 Å². The normalized spacial score (nSPS) is 19.8. The molecule has 0 saturated carbocycles. The Morgan fingerprint density at radius 2 is 1.68 bits per heavy atom. The molecule has 1 saturated heterocycles.